The molecule has 1 saturated heterocycles. The van der Waals surface area contributed by atoms with Crippen molar-refractivity contribution in [1.29, 1.82) is 0 Å². The summed E-state index contributed by atoms with van der Waals surface area (Å²) < 4.78 is 1.60. The van der Waals surface area contributed by atoms with Crippen molar-refractivity contribution in [3.63, 3.8) is 0 Å². The third-order valence-corrected chi connectivity index (χ3v) is 6.58. The maximum absolute atomic E-state index is 12.9. The lowest BCUT2D eigenvalue weighted by Gasteiger charge is -2.32. The van der Waals surface area contributed by atoms with E-state index in [4.69, 9.17) is 0 Å². The number of hydrogen-bond donors (Lipinski definition) is 2. The number of fused-ring (bicyclic) bond motifs is 1. The van der Waals surface area contributed by atoms with Crippen molar-refractivity contribution in [3.05, 3.63) is 27.4 Å². The lowest BCUT2D eigenvalue weighted by Crippen LogP contribution is -2.46. The Morgan fingerprint density at radius 3 is 2.63 bits per heavy atom. The highest BCUT2D eigenvalue weighted by molar-refractivity contribution is 7.16. The quantitative estimate of drug-likeness (QED) is 0.825. The van der Waals surface area contributed by atoms with Gasteiger partial charge < -0.3 is 15.3 Å². The Morgan fingerprint density at radius 1 is 1.30 bits per heavy atom. The van der Waals surface area contributed by atoms with Gasteiger partial charge in [-0.15, -0.1) is 11.3 Å². The van der Waals surface area contributed by atoms with Crippen LogP contribution in [0.3, 0.4) is 0 Å². The molecule has 0 bridgehead atoms. The zero-order valence-corrected chi connectivity index (χ0v) is 16.7. The summed E-state index contributed by atoms with van der Waals surface area (Å²) in [5.41, 5.74) is -0.545. The summed E-state index contributed by atoms with van der Waals surface area (Å²) in [6, 6.07) is 1.73. The highest BCUT2D eigenvalue weighted by Crippen LogP contribution is 2.32. The molecule has 0 aromatic carbocycles. The van der Waals surface area contributed by atoms with Gasteiger partial charge in [-0.1, -0.05) is 0 Å². The number of amides is 1. The van der Waals surface area contributed by atoms with Gasteiger partial charge >= 0.3 is 0 Å². The first-order chi connectivity index (χ1) is 13.0. The molecule has 1 aliphatic carbocycles. The van der Waals surface area contributed by atoms with E-state index in [9.17, 15) is 14.7 Å². The molecule has 1 saturated carbocycles. The normalized spacial score (nSPS) is 19.1. The minimum absolute atomic E-state index is 0.0532. The second kappa shape index (κ2) is 7.28. The molecule has 2 aromatic rings. The lowest BCUT2D eigenvalue weighted by molar-refractivity contribution is 0.0905. The number of likely N-dealkylation sites (tertiary alicyclic amines) is 1. The van der Waals surface area contributed by atoms with Crippen LogP contribution >= 0.6 is 11.3 Å². The fraction of sp³-hybridized carbons (Fsp3) is 0.600. The van der Waals surface area contributed by atoms with E-state index in [0.29, 0.717) is 10.2 Å². The summed E-state index contributed by atoms with van der Waals surface area (Å²) in [5.74, 6) is 0.220. The van der Waals surface area contributed by atoms with Crippen LogP contribution in [-0.2, 0) is 0 Å². The number of aromatic nitrogens is 1. The van der Waals surface area contributed by atoms with Crippen LogP contribution in [-0.4, -0.2) is 46.2 Å². The Labute approximate surface area is 162 Å². The largest absolute Gasteiger partial charge is 0.506 e. The van der Waals surface area contributed by atoms with Crippen LogP contribution in [0.5, 0.6) is 5.75 Å². The van der Waals surface area contributed by atoms with Crippen molar-refractivity contribution in [2.24, 2.45) is 5.92 Å². The number of piperidine rings is 1. The van der Waals surface area contributed by atoms with Gasteiger partial charge in [0.2, 0.25) is 0 Å². The topological polar surface area (TPSA) is 74.6 Å². The maximum Gasteiger partial charge on any atom is 0.268 e. The van der Waals surface area contributed by atoms with Gasteiger partial charge in [-0.05, 0) is 56.9 Å². The molecule has 2 fully saturated rings. The van der Waals surface area contributed by atoms with Gasteiger partial charge in [0, 0.05) is 31.7 Å². The number of carbonyl (C=O) groups is 1. The van der Waals surface area contributed by atoms with Gasteiger partial charge in [-0.25, -0.2) is 0 Å². The van der Waals surface area contributed by atoms with Crippen LogP contribution in [0.4, 0.5) is 0 Å². The molecule has 4 rings (SSSR count). The van der Waals surface area contributed by atoms with Crippen LogP contribution in [0.1, 0.15) is 55.9 Å². The number of hydrogen-bond acceptors (Lipinski definition) is 5. The standard InChI is InChI=1S/C20H27N3O3S/c1-12(2)23-19(26)16(17(24)15-7-10-27-20(15)23)18(25)21-14-5-8-22(9-6-14)11-13-3-4-13/h7,10,12-14,24H,3-6,8-9,11H2,1-2H3,(H,21,25). The third-order valence-electron chi connectivity index (χ3n) is 5.67. The molecule has 0 atom stereocenters. The Morgan fingerprint density at radius 2 is 2.00 bits per heavy atom. The van der Waals surface area contributed by atoms with Crippen LogP contribution in [0, 0.1) is 5.92 Å². The van der Waals surface area contributed by atoms with Gasteiger partial charge in [-0.2, -0.15) is 0 Å². The first-order valence-corrected chi connectivity index (χ1v) is 10.7. The molecular formula is C20H27N3O3S. The molecule has 6 nitrogen and oxygen atoms in total. The Hall–Kier alpha value is -1.86. The first-order valence-electron chi connectivity index (χ1n) is 9.83. The maximum atomic E-state index is 12.9. The van der Waals surface area contributed by atoms with Crippen molar-refractivity contribution in [2.45, 2.75) is 51.6 Å². The number of aromatic hydroxyl groups is 1. The number of nitrogens with zero attached hydrogens (tertiary/aromatic N) is 2. The molecule has 7 heteroatoms. The summed E-state index contributed by atoms with van der Waals surface area (Å²) in [6.07, 6.45) is 4.48. The minimum atomic E-state index is -0.458. The number of nitrogens with one attached hydrogen (secondary N) is 1. The Kier molecular flexibility index (Phi) is 4.99. The van der Waals surface area contributed by atoms with Crippen molar-refractivity contribution in [3.8, 4) is 5.75 Å². The van der Waals surface area contributed by atoms with Crippen LogP contribution in [0.25, 0.3) is 10.2 Å². The molecule has 2 aliphatic rings. The van der Waals surface area contributed by atoms with E-state index >= 15 is 0 Å². The molecular weight excluding hydrogens is 362 g/mol. The van der Waals surface area contributed by atoms with Gasteiger partial charge in [0.15, 0.2) is 0 Å². The zero-order chi connectivity index (χ0) is 19.1. The van der Waals surface area contributed by atoms with E-state index in [2.05, 4.69) is 10.2 Å². The fourth-order valence-corrected chi connectivity index (χ4v) is 5.01. The molecule has 27 heavy (non-hydrogen) atoms. The molecule has 146 valence electrons. The number of carbonyl (C=O) groups excluding carboxylic acids is 1. The third kappa shape index (κ3) is 3.62. The van der Waals surface area contributed by atoms with Crippen LogP contribution < -0.4 is 10.9 Å². The van der Waals surface area contributed by atoms with E-state index < -0.39 is 11.5 Å². The lowest BCUT2D eigenvalue weighted by atomic mass is 10.0. The van der Waals surface area contributed by atoms with Crippen molar-refractivity contribution in [1.82, 2.24) is 14.8 Å². The van der Waals surface area contributed by atoms with Gasteiger partial charge in [0.05, 0.1) is 5.39 Å². The smallest absolute Gasteiger partial charge is 0.268 e. The molecule has 2 aromatic heterocycles. The predicted molar refractivity (Wildman–Crippen MR) is 108 cm³/mol. The first kappa shape index (κ1) is 18.5. The summed E-state index contributed by atoms with van der Waals surface area (Å²) in [4.78, 5) is 29.0. The number of pyridine rings is 1. The molecule has 0 unspecified atom stereocenters. The summed E-state index contributed by atoms with van der Waals surface area (Å²) in [5, 5.41) is 16.0. The molecule has 0 radical (unpaired) electrons. The number of rotatable bonds is 5. The highest BCUT2D eigenvalue weighted by Gasteiger charge is 2.29. The zero-order valence-electron chi connectivity index (χ0n) is 15.9. The monoisotopic (exact) mass is 389 g/mol. The van der Waals surface area contributed by atoms with Crippen LogP contribution in [0.2, 0.25) is 0 Å². The molecule has 1 amide bonds. The average Bonchev–Trinajstić information content (AvgIpc) is 3.29. The van der Waals surface area contributed by atoms with E-state index in [-0.39, 0.29) is 23.4 Å². The van der Waals surface area contributed by atoms with E-state index in [1.165, 1.54) is 30.7 Å². The second-order valence-electron chi connectivity index (χ2n) is 8.12. The van der Waals surface area contributed by atoms with Gasteiger partial charge in [0.25, 0.3) is 11.5 Å². The van der Waals surface area contributed by atoms with E-state index in [1.807, 2.05) is 19.2 Å². The SMILES string of the molecule is CC(C)n1c(=O)c(C(=O)NC2CCN(CC3CC3)CC2)c(O)c2ccsc21. The average molecular weight is 390 g/mol. The molecule has 3 heterocycles. The number of thiophene rings is 1. The van der Waals surface area contributed by atoms with Crippen molar-refractivity contribution < 1.29 is 9.90 Å². The highest BCUT2D eigenvalue weighted by atomic mass is 32.1. The minimum Gasteiger partial charge on any atom is -0.506 e. The Balaban J connectivity index is 1.53. The van der Waals surface area contributed by atoms with E-state index in [1.54, 1.807) is 10.6 Å². The fourth-order valence-electron chi connectivity index (χ4n) is 3.97. The molecule has 1 aliphatic heterocycles. The van der Waals surface area contributed by atoms with Crippen molar-refractivity contribution >= 4 is 27.5 Å². The second-order valence-corrected chi connectivity index (χ2v) is 9.02. The summed E-state index contributed by atoms with van der Waals surface area (Å²) in [7, 11) is 0. The van der Waals surface area contributed by atoms with Gasteiger partial charge in [-0.3, -0.25) is 14.2 Å². The predicted octanol–water partition coefficient (Wildman–Crippen LogP) is 2.95. The van der Waals surface area contributed by atoms with Crippen molar-refractivity contribution in [2.75, 3.05) is 19.6 Å². The van der Waals surface area contributed by atoms with Crippen LogP contribution in [0.15, 0.2) is 16.2 Å². The Bertz CT molecular complexity index is 905. The van der Waals surface area contributed by atoms with Gasteiger partial charge in [0.1, 0.15) is 16.1 Å². The molecule has 2 N–H and O–H groups in total. The molecule has 0 spiro atoms. The summed E-state index contributed by atoms with van der Waals surface area (Å²) in [6.45, 7) is 6.96. The summed E-state index contributed by atoms with van der Waals surface area (Å²) >= 11 is 1.40. The van der Waals surface area contributed by atoms with E-state index in [0.717, 1.165) is 31.8 Å².